The van der Waals surface area contributed by atoms with Gasteiger partial charge in [-0.15, -0.1) is 0 Å². The van der Waals surface area contributed by atoms with Gasteiger partial charge in [-0.2, -0.15) is 0 Å². The maximum Gasteiger partial charge on any atom is 0.123 e. The molecular weight excluding hydrogens is 317 g/mol. The first-order valence-electron chi connectivity index (χ1n) is 6.35. The molecule has 2 N–H and O–H groups in total. The fourth-order valence-electron chi connectivity index (χ4n) is 2.44. The van der Waals surface area contributed by atoms with Gasteiger partial charge in [0.25, 0.3) is 0 Å². The summed E-state index contributed by atoms with van der Waals surface area (Å²) in [5.74, 6) is -0.264. The molecule has 0 bridgehead atoms. The summed E-state index contributed by atoms with van der Waals surface area (Å²) < 4.78 is 14.4. The van der Waals surface area contributed by atoms with E-state index in [9.17, 15) is 4.39 Å². The second-order valence-corrected chi connectivity index (χ2v) is 5.57. The Morgan fingerprint density at radius 1 is 0.900 bits per heavy atom. The van der Waals surface area contributed by atoms with Crippen LogP contribution in [0, 0.1) is 5.82 Å². The van der Waals surface area contributed by atoms with Crippen molar-refractivity contribution in [2.45, 2.75) is 6.04 Å². The van der Waals surface area contributed by atoms with E-state index in [1.54, 1.807) is 6.07 Å². The van der Waals surface area contributed by atoms with Crippen LogP contribution in [-0.2, 0) is 0 Å². The minimum absolute atomic E-state index is 0.264. The van der Waals surface area contributed by atoms with E-state index in [0.717, 1.165) is 26.4 Å². The van der Waals surface area contributed by atoms with E-state index >= 15 is 0 Å². The van der Waals surface area contributed by atoms with E-state index in [1.165, 1.54) is 12.1 Å². The molecule has 1 unspecified atom stereocenters. The Hall–Kier alpha value is -1.71. The van der Waals surface area contributed by atoms with Crippen LogP contribution in [0.5, 0.6) is 0 Å². The summed E-state index contributed by atoms with van der Waals surface area (Å²) >= 11 is 3.55. The molecule has 100 valence electrons. The smallest absolute Gasteiger partial charge is 0.123 e. The molecule has 3 aromatic rings. The number of fused-ring (bicyclic) bond motifs is 1. The van der Waals surface area contributed by atoms with Crippen LogP contribution in [0.4, 0.5) is 4.39 Å². The lowest BCUT2D eigenvalue weighted by molar-refractivity contribution is 0.623. The van der Waals surface area contributed by atoms with Gasteiger partial charge in [-0.3, -0.25) is 0 Å². The molecule has 0 spiro atoms. The maximum absolute atomic E-state index is 13.4. The van der Waals surface area contributed by atoms with E-state index in [2.05, 4.69) is 15.9 Å². The van der Waals surface area contributed by atoms with Crippen LogP contribution in [0.25, 0.3) is 10.8 Å². The summed E-state index contributed by atoms with van der Waals surface area (Å²) in [5, 5.41) is 2.19. The SMILES string of the molecule is NC(c1cccc(F)c1)c1ccc(Br)c2ccccc12. The number of rotatable bonds is 2. The van der Waals surface area contributed by atoms with Crippen molar-refractivity contribution in [2.75, 3.05) is 0 Å². The summed E-state index contributed by atoms with van der Waals surface area (Å²) in [7, 11) is 0. The Morgan fingerprint density at radius 3 is 2.40 bits per heavy atom. The van der Waals surface area contributed by atoms with Crippen LogP contribution in [0.1, 0.15) is 17.2 Å². The predicted octanol–water partition coefficient (Wildman–Crippen LogP) is 4.79. The molecule has 3 heteroatoms. The lowest BCUT2D eigenvalue weighted by Crippen LogP contribution is -2.12. The van der Waals surface area contributed by atoms with Crippen molar-refractivity contribution in [1.82, 2.24) is 0 Å². The topological polar surface area (TPSA) is 26.0 Å². The fraction of sp³-hybridized carbons (Fsp3) is 0.0588. The second-order valence-electron chi connectivity index (χ2n) is 4.71. The third-order valence-corrected chi connectivity index (χ3v) is 4.14. The summed E-state index contributed by atoms with van der Waals surface area (Å²) in [5.41, 5.74) is 8.09. The van der Waals surface area contributed by atoms with Crippen molar-refractivity contribution >= 4 is 26.7 Å². The van der Waals surface area contributed by atoms with Crippen LogP contribution in [0.3, 0.4) is 0 Å². The molecule has 3 rings (SSSR count). The molecule has 0 fully saturated rings. The summed E-state index contributed by atoms with van der Waals surface area (Å²) in [6.45, 7) is 0. The Bertz CT molecular complexity index is 770. The third-order valence-electron chi connectivity index (χ3n) is 3.45. The molecule has 0 aliphatic heterocycles. The van der Waals surface area contributed by atoms with Gasteiger partial charge in [0.15, 0.2) is 0 Å². The van der Waals surface area contributed by atoms with Gasteiger partial charge in [0.2, 0.25) is 0 Å². The number of hydrogen-bond acceptors (Lipinski definition) is 1. The molecule has 0 aliphatic rings. The normalized spacial score (nSPS) is 12.6. The molecule has 20 heavy (non-hydrogen) atoms. The highest BCUT2D eigenvalue weighted by molar-refractivity contribution is 9.10. The number of benzene rings is 3. The second kappa shape index (κ2) is 5.35. The molecule has 0 aliphatic carbocycles. The molecule has 0 amide bonds. The zero-order valence-corrected chi connectivity index (χ0v) is 12.3. The van der Waals surface area contributed by atoms with Gasteiger partial charge >= 0.3 is 0 Å². The average molecular weight is 330 g/mol. The van der Waals surface area contributed by atoms with E-state index in [0.29, 0.717) is 0 Å². The minimum Gasteiger partial charge on any atom is -0.320 e. The number of nitrogens with two attached hydrogens (primary N) is 1. The average Bonchev–Trinajstić information content (AvgIpc) is 2.47. The first-order chi connectivity index (χ1) is 9.66. The van der Waals surface area contributed by atoms with Crippen molar-refractivity contribution < 1.29 is 4.39 Å². The van der Waals surface area contributed by atoms with Crippen LogP contribution in [-0.4, -0.2) is 0 Å². The summed E-state index contributed by atoms with van der Waals surface area (Å²) in [6.07, 6.45) is 0. The van der Waals surface area contributed by atoms with Crippen molar-refractivity contribution in [2.24, 2.45) is 5.73 Å². The monoisotopic (exact) mass is 329 g/mol. The van der Waals surface area contributed by atoms with Crippen molar-refractivity contribution in [3.63, 3.8) is 0 Å². The lowest BCUT2D eigenvalue weighted by Gasteiger charge is -2.16. The predicted molar refractivity (Wildman–Crippen MR) is 84.1 cm³/mol. The summed E-state index contributed by atoms with van der Waals surface area (Å²) in [6, 6.07) is 18.1. The molecule has 0 saturated carbocycles. The number of halogens is 2. The zero-order valence-electron chi connectivity index (χ0n) is 10.7. The van der Waals surface area contributed by atoms with Gasteiger partial charge in [-0.05, 0) is 40.1 Å². The number of hydrogen-bond donors (Lipinski definition) is 1. The van der Waals surface area contributed by atoms with Gasteiger partial charge in [-0.1, -0.05) is 58.4 Å². The van der Waals surface area contributed by atoms with Crippen LogP contribution < -0.4 is 5.73 Å². The molecule has 1 nitrogen and oxygen atoms in total. The Morgan fingerprint density at radius 2 is 1.65 bits per heavy atom. The maximum atomic E-state index is 13.4. The first kappa shape index (κ1) is 13.3. The highest BCUT2D eigenvalue weighted by Crippen LogP contribution is 2.31. The van der Waals surface area contributed by atoms with Gasteiger partial charge < -0.3 is 5.73 Å². The minimum atomic E-state index is -0.344. The first-order valence-corrected chi connectivity index (χ1v) is 7.14. The molecule has 0 heterocycles. The Labute approximate surface area is 125 Å². The van der Waals surface area contributed by atoms with Crippen LogP contribution in [0.2, 0.25) is 0 Å². The van der Waals surface area contributed by atoms with Crippen LogP contribution in [0.15, 0.2) is 65.1 Å². The largest absolute Gasteiger partial charge is 0.320 e. The molecule has 0 aromatic heterocycles. The molecule has 1 atom stereocenters. The molecule has 0 saturated heterocycles. The molecular formula is C17H13BrFN. The van der Waals surface area contributed by atoms with Gasteiger partial charge in [0, 0.05) is 4.47 Å². The highest BCUT2D eigenvalue weighted by atomic mass is 79.9. The Kier molecular flexibility index (Phi) is 3.55. The van der Waals surface area contributed by atoms with Crippen LogP contribution >= 0.6 is 15.9 Å². The van der Waals surface area contributed by atoms with Gasteiger partial charge in [0.1, 0.15) is 5.82 Å². The summed E-state index contributed by atoms with van der Waals surface area (Å²) in [4.78, 5) is 0. The Balaban J connectivity index is 2.17. The lowest BCUT2D eigenvalue weighted by atomic mass is 9.94. The third kappa shape index (κ3) is 2.35. The van der Waals surface area contributed by atoms with Crippen molar-refractivity contribution in [1.29, 1.82) is 0 Å². The molecule has 3 aromatic carbocycles. The highest BCUT2D eigenvalue weighted by Gasteiger charge is 2.13. The fourth-order valence-corrected chi connectivity index (χ4v) is 2.91. The standard InChI is InChI=1S/C17H13BrFN/c18-16-9-8-15(13-6-1-2-7-14(13)16)17(20)11-4-3-5-12(19)10-11/h1-10,17H,20H2. The van der Waals surface area contributed by atoms with Gasteiger partial charge in [-0.25, -0.2) is 4.39 Å². The van der Waals surface area contributed by atoms with Crippen molar-refractivity contribution in [3.05, 3.63) is 82.1 Å². The van der Waals surface area contributed by atoms with E-state index in [1.807, 2.05) is 42.5 Å². The molecule has 0 radical (unpaired) electrons. The van der Waals surface area contributed by atoms with E-state index < -0.39 is 0 Å². The van der Waals surface area contributed by atoms with E-state index in [-0.39, 0.29) is 11.9 Å². The van der Waals surface area contributed by atoms with Crippen molar-refractivity contribution in [3.8, 4) is 0 Å². The van der Waals surface area contributed by atoms with Gasteiger partial charge in [0.05, 0.1) is 6.04 Å². The zero-order chi connectivity index (χ0) is 14.1. The van der Waals surface area contributed by atoms with E-state index in [4.69, 9.17) is 5.73 Å². The quantitative estimate of drug-likeness (QED) is 0.718.